The van der Waals surface area contributed by atoms with E-state index in [4.69, 9.17) is 4.42 Å². The standard InChI is InChI=1S/C19H23N3O4/c1-25-19(24)17-9-8-14(26-17)12-21-18(23)13-22-11-5-3-7-16(22)15-6-2-4-10-20-15/h2,4,6,8-10,16H,3,5,7,11-13H2,1H3,(H,21,23)/t16-/m1/s1. The van der Waals surface area contributed by atoms with E-state index in [9.17, 15) is 9.59 Å². The van der Waals surface area contributed by atoms with Crippen LogP contribution in [0.3, 0.4) is 0 Å². The molecule has 0 aliphatic carbocycles. The van der Waals surface area contributed by atoms with Crippen molar-refractivity contribution in [1.82, 2.24) is 15.2 Å². The molecule has 3 rings (SSSR count). The van der Waals surface area contributed by atoms with E-state index >= 15 is 0 Å². The van der Waals surface area contributed by atoms with Crippen molar-refractivity contribution in [2.45, 2.75) is 31.8 Å². The molecule has 0 bridgehead atoms. The average Bonchev–Trinajstić information content (AvgIpc) is 3.16. The smallest absolute Gasteiger partial charge is 0.373 e. The number of furan rings is 1. The summed E-state index contributed by atoms with van der Waals surface area (Å²) in [5, 5.41) is 2.84. The Bertz CT molecular complexity index is 744. The largest absolute Gasteiger partial charge is 0.463 e. The van der Waals surface area contributed by atoms with Gasteiger partial charge in [-0.3, -0.25) is 14.7 Å². The molecule has 7 heteroatoms. The summed E-state index contributed by atoms with van der Waals surface area (Å²) in [6.45, 7) is 1.42. The first-order valence-electron chi connectivity index (χ1n) is 8.76. The summed E-state index contributed by atoms with van der Waals surface area (Å²) < 4.78 is 9.95. The van der Waals surface area contributed by atoms with Crippen molar-refractivity contribution in [3.63, 3.8) is 0 Å². The van der Waals surface area contributed by atoms with Gasteiger partial charge >= 0.3 is 5.97 Å². The van der Waals surface area contributed by atoms with Crippen LogP contribution in [0.4, 0.5) is 0 Å². The second kappa shape index (κ2) is 8.62. The SMILES string of the molecule is COC(=O)c1ccc(CNC(=O)CN2CCCC[C@@H]2c2ccccn2)o1. The molecule has 2 aromatic rings. The fraction of sp³-hybridized carbons (Fsp3) is 0.421. The summed E-state index contributed by atoms with van der Waals surface area (Å²) in [7, 11) is 1.29. The molecule has 2 aromatic heterocycles. The highest BCUT2D eigenvalue weighted by Gasteiger charge is 2.26. The highest BCUT2D eigenvalue weighted by atomic mass is 16.5. The van der Waals surface area contributed by atoms with E-state index in [1.165, 1.54) is 13.2 Å². The molecule has 3 heterocycles. The van der Waals surface area contributed by atoms with Crippen LogP contribution in [-0.2, 0) is 16.1 Å². The molecule has 1 atom stereocenters. The minimum atomic E-state index is -0.533. The van der Waals surface area contributed by atoms with Gasteiger partial charge in [0.05, 0.1) is 31.9 Å². The maximum absolute atomic E-state index is 12.4. The number of aromatic nitrogens is 1. The first kappa shape index (κ1) is 18.1. The van der Waals surface area contributed by atoms with Gasteiger partial charge < -0.3 is 14.5 Å². The summed E-state index contributed by atoms with van der Waals surface area (Å²) in [6, 6.07) is 9.25. The van der Waals surface area contributed by atoms with Crippen LogP contribution >= 0.6 is 0 Å². The van der Waals surface area contributed by atoms with Crippen molar-refractivity contribution in [2.24, 2.45) is 0 Å². The zero-order valence-electron chi connectivity index (χ0n) is 14.8. The van der Waals surface area contributed by atoms with Crippen molar-refractivity contribution >= 4 is 11.9 Å². The van der Waals surface area contributed by atoms with Crippen LogP contribution < -0.4 is 5.32 Å². The Labute approximate surface area is 152 Å². The molecule has 0 radical (unpaired) electrons. The Morgan fingerprint density at radius 2 is 2.19 bits per heavy atom. The molecule has 0 unspecified atom stereocenters. The third kappa shape index (κ3) is 4.49. The molecule has 0 aromatic carbocycles. The van der Waals surface area contributed by atoms with Gasteiger partial charge in [-0.05, 0) is 43.7 Å². The Hall–Kier alpha value is -2.67. The molecule has 1 fully saturated rings. The van der Waals surface area contributed by atoms with Gasteiger partial charge in [0, 0.05) is 6.20 Å². The van der Waals surface area contributed by atoms with E-state index in [0.29, 0.717) is 12.3 Å². The number of carbonyl (C=O) groups is 2. The molecular weight excluding hydrogens is 334 g/mol. The van der Waals surface area contributed by atoms with E-state index in [-0.39, 0.29) is 24.3 Å². The van der Waals surface area contributed by atoms with E-state index < -0.39 is 5.97 Å². The van der Waals surface area contributed by atoms with Crippen molar-refractivity contribution in [3.05, 3.63) is 53.7 Å². The van der Waals surface area contributed by atoms with Crippen LogP contribution in [-0.4, -0.2) is 42.0 Å². The topological polar surface area (TPSA) is 84.7 Å². The lowest BCUT2D eigenvalue weighted by Crippen LogP contribution is -2.41. The molecular formula is C19H23N3O4. The summed E-state index contributed by atoms with van der Waals surface area (Å²) in [4.78, 5) is 30.4. The fourth-order valence-corrected chi connectivity index (χ4v) is 3.20. The van der Waals surface area contributed by atoms with Gasteiger partial charge in [-0.1, -0.05) is 12.5 Å². The van der Waals surface area contributed by atoms with Crippen molar-refractivity contribution < 1.29 is 18.7 Å². The normalized spacial score (nSPS) is 17.7. The van der Waals surface area contributed by atoms with Gasteiger partial charge in [-0.25, -0.2) is 4.79 Å². The number of amides is 1. The predicted molar refractivity (Wildman–Crippen MR) is 94.3 cm³/mol. The second-order valence-corrected chi connectivity index (χ2v) is 6.27. The molecule has 0 spiro atoms. The molecule has 26 heavy (non-hydrogen) atoms. The number of nitrogens with zero attached hydrogens (tertiary/aromatic N) is 2. The van der Waals surface area contributed by atoms with Crippen molar-refractivity contribution in [2.75, 3.05) is 20.2 Å². The number of ether oxygens (including phenoxy) is 1. The average molecular weight is 357 g/mol. The fourth-order valence-electron chi connectivity index (χ4n) is 3.20. The molecule has 7 nitrogen and oxygen atoms in total. The van der Waals surface area contributed by atoms with E-state index in [1.54, 1.807) is 12.3 Å². The van der Waals surface area contributed by atoms with Crippen LogP contribution in [0, 0.1) is 0 Å². The van der Waals surface area contributed by atoms with Gasteiger partial charge in [-0.15, -0.1) is 0 Å². The Kier molecular flexibility index (Phi) is 6.01. The minimum Gasteiger partial charge on any atom is -0.463 e. The number of nitrogens with one attached hydrogen (secondary N) is 1. The molecule has 1 N–H and O–H groups in total. The molecule has 1 aliphatic rings. The first-order chi connectivity index (χ1) is 12.7. The number of hydrogen-bond donors (Lipinski definition) is 1. The Balaban J connectivity index is 1.55. The number of piperidine rings is 1. The number of likely N-dealkylation sites (tertiary alicyclic amines) is 1. The van der Waals surface area contributed by atoms with Crippen molar-refractivity contribution in [1.29, 1.82) is 0 Å². The molecule has 1 saturated heterocycles. The summed E-state index contributed by atoms with van der Waals surface area (Å²) in [5.41, 5.74) is 1.01. The van der Waals surface area contributed by atoms with Gasteiger partial charge in [-0.2, -0.15) is 0 Å². The Morgan fingerprint density at radius 1 is 1.31 bits per heavy atom. The van der Waals surface area contributed by atoms with E-state index in [1.807, 2.05) is 18.2 Å². The van der Waals surface area contributed by atoms with Gasteiger partial charge in [0.1, 0.15) is 5.76 Å². The third-order valence-electron chi connectivity index (χ3n) is 4.50. The minimum absolute atomic E-state index is 0.0798. The van der Waals surface area contributed by atoms with E-state index in [2.05, 4.69) is 19.9 Å². The van der Waals surface area contributed by atoms with Gasteiger partial charge in [0.2, 0.25) is 11.7 Å². The lowest BCUT2D eigenvalue weighted by Gasteiger charge is -2.34. The zero-order valence-corrected chi connectivity index (χ0v) is 14.8. The molecule has 138 valence electrons. The van der Waals surface area contributed by atoms with Crippen LogP contribution in [0.25, 0.3) is 0 Å². The quantitative estimate of drug-likeness (QED) is 0.799. The highest BCUT2D eigenvalue weighted by molar-refractivity contribution is 5.86. The number of hydrogen-bond acceptors (Lipinski definition) is 6. The first-order valence-corrected chi connectivity index (χ1v) is 8.76. The maximum Gasteiger partial charge on any atom is 0.373 e. The van der Waals surface area contributed by atoms with Gasteiger partial charge in [0.15, 0.2) is 0 Å². The summed E-state index contributed by atoms with van der Waals surface area (Å²) >= 11 is 0. The lowest BCUT2D eigenvalue weighted by atomic mass is 9.99. The van der Waals surface area contributed by atoms with Crippen LogP contribution in [0.2, 0.25) is 0 Å². The predicted octanol–water partition coefficient (Wildman–Crippen LogP) is 2.30. The van der Waals surface area contributed by atoms with E-state index in [0.717, 1.165) is 31.5 Å². The molecule has 1 amide bonds. The third-order valence-corrected chi connectivity index (χ3v) is 4.50. The Morgan fingerprint density at radius 3 is 2.96 bits per heavy atom. The molecule has 1 aliphatic heterocycles. The highest BCUT2D eigenvalue weighted by Crippen LogP contribution is 2.29. The number of esters is 1. The summed E-state index contributed by atoms with van der Waals surface area (Å²) in [5.74, 6) is 0.0274. The number of pyridine rings is 1. The second-order valence-electron chi connectivity index (χ2n) is 6.27. The van der Waals surface area contributed by atoms with Crippen LogP contribution in [0.5, 0.6) is 0 Å². The number of rotatable bonds is 6. The van der Waals surface area contributed by atoms with Crippen LogP contribution in [0.1, 0.15) is 47.3 Å². The number of carbonyl (C=O) groups excluding carboxylic acids is 2. The molecule has 0 saturated carbocycles. The number of methoxy groups -OCH3 is 1. The lowest BCUT2D eigenvalue weighted by molar-refractivity contribution is -0.123. The summed E-state index contributed by atoms with van der Waals surface area (Å²) in [6.07, 6.45) is 5.02. The zero-order chi connectivity index (χ0) is 18.4. The van der Waals surface area contributed by atoms with Crippen LogP contribution in [0.15, 0.2) is 40.9 Å². The van der Waals surface area contributed by atoms with Crippen molar-refractivity contribution in [3.8, 4) is 0 Å². The maximum atomic E-state index is 12.4. The van der Waals surface area contributed by atoms with Gasteiger partial charge in [0.25, 0.3) is 0 Å². The monoisotopic (exact) mass is 357 g/mol.